The Morgan fingerprint density at radius 1 is 1.21 bits per heavy atom. The van der Waals surface area contributed by atoms with E-state index in [4.69, 9.17) is 15.5 Å². The smallest absolute Gasteiger partial charge is 0.248 e. The number of anilines is 1. The second kappa shape index (κ2) is 8.27. The van der Waals surface area contributed by atoms with E-state index in [1.165, 1.54) is 45.0 Å². The van der Waals surface area contributed by atoms with Crippen LogP contribution in [-0.4, -0.2) is 28.5 Å². The third kappa shape index (κ3) is 3.99. The van der Waals surface area contributed by atoms with Crippen molar-refractivity contribution in [1.29, 1.82) is 0 Å². The Morgan fingerprint density at radius 3 is 2.72 bits per heavy atom. The van der Waals surface area contributed by atoms with Crippen molar-refractivity contribution >= 4 is 17.5 Å². The van der Waals surface area contributed by atoms with Crippen molar-refractivity contribution in [3.8, 4) is 5.75 Å². The maximum absolute atomic E-state index is 12.9. The molecule has 0 unspecified atom stereocenters. The minimum atomic E-state index is -0.542. The van der Waals surface area contributed by atoms with Gasteiger partial charge in [-0.2, -0.15) is 0 Å². The normalized spacial score (nSPS) is 19.4. The number of rotatable bonds is 5. The van der Waals surface area contributed by atoms with E-state index in [0.717, 1.165) is 18.7 Å². The quantitative estimate of drug-likeness (QED) is 0.810. The number of amides is 2. The van der Waals surface area contributed by atoms with Gasteiger partial charge in [0.25, 0.3) is 0 Å². The van der Waals surface area contributed by atoms with Crippen LogP contribution >= 0.6 is 0 Å². The van der Waals surface area contributed by atoms with Crippen molar-refractivity contribution in [2.45, 2.75) is 57.4 Å². The molecule has 154 valence electrons. The number of carbonyl (C=O) groups excluding carboxylic acids is 2. The molecular weight excluding hydrogens is 368 g/mol. The highest BCUT2D eigenvalue weighted by Crippen LogP contribution is 2.35. The lowest BCUT2D eigenvalue weighted by molar-refractivity contribution is -0.120. The molecule has 1 fully saturated rings. The summed E-state index contributed by atoms with van der Waals surface area (Å²) in [5.74, 6) is 1.51. The van der Waals surface area contributed by atoms with Gasteiger partial charge in [-0.15, -0.1) is 0 Å². The van der Waals surface area contributed by atoms with Crippen molar-refractivity contribution in [1.82, 2.24) is 9.55 Å². The molecule has 0 radical (unpaired) electrons. The van der Waals surface area contributed by atoms with Gasteiger partial charge in [0.05, 0.1) is 12.8 Å². The molecule has 1 saturated carbocycles. The fourth-order valence-corrected chi connectivity index (χ4v) is 4.59. The zero-order valence-electron chi connectivity index (χ0n) is 16.8. The zero-order valence-corrected chi connectivity index (χ0v) is 16.8. The Balaban J connectivity index is 1.47. The summed E-state index contributed by atoms with van der Waals surface area (Å²) in [6.07, 6.45) is 9.71. The molecule has 7 nitrogen and oxygen atoms in total. The number of ether oxygens (including phenoxy) is 1. The minimum Gasteiger partial charge on any atom is -0.495 e. The number of aromatic nitrogens is 2. The average Bonchev–Trinajstić information content (AvgIpc) is 3.17. The average molecular weight is 396 g/mol. The van der Waals surface area contributed by atoms with Crippen LogP contribution in [0.5, 0.6) is 5.75 Å². The van der Waals surface area contributed by atoms with Gasteiger partial charge in [0.15, 0.2) is 0 Å². The van der Waals surface area contributed by atoms with Crippen LogP contribution in [-0.2, 0) is 17.8 Å². The highest BCUT2D eigenvalue weighted by molar-refractivity contribution is 5.98. The second-order valence-corrected chi connectivity index (χ2v) is 8.05. The van der Waals surface area contributed by atoms with Gasteiger partial charge in [-0.3, -0.25) is 9.59 Å². The standard InChI is InChI=1S/C22H28N4O3/c1-29-19-8-7-15(20(23)27)12-18(19)25-22(28)16-9-10-26-17(11-16)13-24-21(26)14-5-3-2-4-6-14/h7-8,12-14,16H,2-6,9-11H2,1H3,(H2,23,27)(H,25,28)/t16-/m0/s1. The van der Waals surface area contributed by atoms with Gasteiger partial charge in [0.2, 0.25) is 11.8 Å². The zero-order chi connectivity index (χ0) is 20.4. The van der Waals surface area contributed by atoms with Crippen molar-refractivity contribution < 1.29 is 14.3 Å². The highest BCUT2D eigenvalue weighted by atomic mass is 16.5. The Morgan fingerprint density at radius 2 is 2.00 bits per heavy atom. The molecule has 0 saturated heterocycles. The molecule has 7 heteroatoms. The molecule has 1 atom stereocenters. The van der Waals surface area contributed by atoms with Crippen LogP contribution < -0.4 is 15.8 Å². The molecule has 29 heavy (non-hydrogen) atoms. The van der Waals surface area contributed by atoms with E-state index >= 15 is 0 Å². The number of fused-ring (bicyclic) bond motifs is 1. The summed E-state index contributed by atoms with van der Waals surface area (Å²) in [5.41, 5.74) is 7.30. The SMILES string of the molecule is COc1ccc(C(N)=O)cc1NC(=O)[C@H]1CCn2c(cnc2C2CCCCC2)C1. The van der Waals surface area contributed by atoms with Crippen LogP contribution in [0.3, 0.4) is 0 Å². The second-order valence-electron chi connectivity index (χ2n) is 8.05. The molecular formula is C22H28N4O3. The van der Waals surface area contributed by atoms with Crippen LogP contribution in [0.2, 0.25) is 0 Å². The summed E-state index contributed by atoms with van der Waals surface area (Å²) in [6, 6.07) is 4.79. The molecule has 2 aliphatic rings. The van der Waals surface area contributed by atoms with Gasteiger partial charge in [-0.05, 0) is 37.5 Å². The maximum Gasteiger partial charge on any atom is 0.248 e. The first-order valence-corrected chi connectivity index (χ1v) is 10.4. The van der Waals surface area contributed by atoms with Crippen LogP contribution in [0, 0.1) is 5.92 Å². The topological polar surface area (TPSA) is 99.2 Å². The van der Waals surface area contributed by atoms with Crippen LogP contribution in [0.1, 0.15) is 66.3 Å². The van der Waals surface area contributed by atoms with E-state index in [-0.39, 0.29) is 11.8 Å². The van der Waals surface area contributed by atoms with Gasteiger partial charge < -0.3 is 20.4 Å². The molecule has 1 aromatic carbocycles. The fraction of sp³-hybridized carbons (Fsp3) is 0.500. The molecule has 2 amide bonds. The lowest BCUT2D eigenvalue weighted by Crippen LogP contribution is -2.31. The van der Waals surface area contributed by atoms with Crippen molar-refractivity contribution in [3.05, 3.63) is 41.5 Å². The number of benzene rings is 1. The van der Waals surface area contributed by atoms with Crippen LogP contribution in [0.15, 0.2) is 24.4 Å². The summed E-state index contributed by atoms with van der Waals surface area (Å²) in [6.45, 7) is 0.817. The summed E-state index contributed by atoms with van der Waals surface area (Å²) < 4.78 is 7.64. The third-order valence-electron chi connectivity index (χ3n) is 6.21. The Labute approximate surface area is 170 Å². The third-order valence-corrected chi connectivity index (χ3v) is 6.21. The van der Waals surface area contributed by atoms with Crippen molar-refractivity contribution in [2.75, 3.05) is 12.4 Å². The lowest BCUT2D eigenvalue weighted by atomic mass is 9.88. The summed E-state index contributed by atoms with van der Waals surface area (Å²) in [4.78, 5) is 29.1. The largest absolute Gasteiger partial charge is 0.495 e. The molecule has 0 bridgehead atoms. The van der Waals surface area contributed by atoms with Gasteiger partial charge in [-0.1, -0.05) is 19.3 Å². The first-order chi connectivity index (χ1) is 14.1. The lowest BCUT2D eigenvalue weighted by Gasteiger charge is -2.27. The predicted octanol–water partition coefficient (Wildman–Crippen LogP) is 3.24. The number of nitrogens with zero attached hydrogens (tertiary/aromatic N) is 2. The van der Waals surface area contributed by atoms with Crippen molar-refractivity contribution in [3.63, 3.8) is 0 Å². The number of primary amides is 1. The molecule has 1 aliphatic carbocycles. The highest BCUT2D eigenvalue weighted by Gasteiger charge is 2.29. The molecule has 2 aromatic rings. The molecule has 2 heterocycles. The molecule has 1 aromatic heterocycles. The van der Waals surface area contributed by atoms with E-state index in [9.17, 15) is 9.59 Å². The molecule has 0 spiro atoms. The van der Waals surface area contributed by atoms with Crippen LogP contribution in [0.25, 0.3) is 0 Å². The fourth-order valence-electron chi connectivity index (χ4n) is 4.59. The Hall–Kier alpha value is -2.83. The van der Waals surface area contributed by atoms with Crippen molar-refractivity contribution in [2.24, 2.45) is 11.7 Å². The summed E-state index contributed by atoms with van der Waals surface area (Å²) in [7, 11) is 1.53. The number of hydrogen-bond donors (Lipinski definition) is 2. The maximum atomic E-state index is 12.9. The van der Waals surface area contributed by atoms with Crippen LogP contribution in [0.4, 0.5) is 5.69 Å². The number of nitrogens with two attached hydrogens (primary N) is 1. The number of hydrogen-bond acceptors (Lipinski definition) is 4. The van der Waals surface area contributed by atoms with E-state index in [1.54, 1.807) is 18.2 Å². The first kappa shape index (κ1) is 19.5. The number of nitrogens with one attached hydrogen (secondary N) is 1. The number of imidazole rings is 1. The van der Waals surface area contributed by atoms with E-state index in [1.807, 2.05) is 6.20 Å². The van der Waals surface area contributed by atoms with E-state index in [2.05, 4.69) is 9.88 Å². The predicted molar refractivity (Wildman–Crippen MR) is 110 cm³/mol. The summed E-state index contributed by atoms with van der Waals surface area (Å²) in [5, 5.41) is 2.93. The summed E-state index contributed by atoms with van der Waals surface area (Å²) >= 11 is 0. The monoisotopic (exact) mass is 396 g/mol. The molecule has 1 aliphatic heterocycles. The van der Waals surface area contributed by atoms with Gasteiger partial charge in [0.1, 0.15) is 11.6 Å². The van der Waals surface area contributed by atoms with Gasteiger partial charge in [0, 0.05) is 42.3 Å². The van der Waals surface area contributed by atoms with Gasteiger partial charge >= 0.3 is 0 Å². The number of methoxy groups -OCH3 is 1. The van der Waals surface area contributed by atoms with Gasteiger partial charge in [-0.25, -0.2) is 4.98 Å². The Bertz CT molecular complexity index is 915. The molecule has 3 N–H and O–H groups in total. The van der Waals surface area contributed by atoms with E-state index < -0.39 is 5.91 Å². The first-order valence-electron chi connectivity index (χ1n) is 10.4. The minimum absolute atomic E-state index is 0.0726. The Kier molecular flexibility index (Phi) is 5.56. The number of carbonyl (C=O) groups is 2. The molecule has 4 rings (SSSR count). The van der Waals surface area contributed by atoms with E-state index in [0.29, 0.717) is 29.3 Å².